The molecule has 3 heterocycles. The summed E-state index contributed by atoms with van der Waals surface area (Å²) in [6, 6.07) is 7.69. The van der Waals surface area contributed by atoms with Crippen LogP contribution in [-0.4, -0.2) is 62.3 Å². The number of carbonyl (C=O) groups is 3. The molecule has 3 N–H and O–H groups in total. The van der Waals surface area contributed by atoms with Crippen molar-refractivity contribution in [1.29, 1.82) is 0 Å². The molecular formula is C23H24N8O3. The molecule has 2 aliphatic rings. The molecule has 1 aliphatic carbocycles. The Morgan fingerprint density at radius 2 is 1.97 bits per heavy atom. The summed E-state index contributed by atoms with van der Waals surface area (Å²) in [6.07, 6.45) is 5.40. The number of carbonyl (C=O) groups excluding carboxylic acids is 3. The van der Waals surface area contributed by atoms with Crippen LogP contribution in [0.25, 0.3) is 11.7 Å². The van der Waals surface area contributed by atoms with Gasteiger partial charge in [0, 0.05) is 43.4 Å². The molecule has 1 saturated heterocycles. The SMILES string of the molecule is CN(C)C(=O)c1ccc(CNc2nc(NC3CC3)n3ncc(/C=C4\CC(=O)NC4=O)c3n2)cc1. The Labute approximate surface area is 195 Å². The standard InChI is InChI=1S/C23H24N8O3/c1-30(2)21(34)14-5-3-13(4-6-14)11-24-22-28-19-16(9-15-10-18(32)27-20(15)33)12-25-31(19)23(29-22)26-17-7-8-17/h3-6,9,12,17H,7-8,10-11H2,1-2H3,(H,27,32,33)(H2,24,26,28,29)/b15-9+. The summed E-state index contributed by atoms with van der Waals surface area (Å²) < 4.78 is 1.60. The van der Waals surface area contributed by atoms with Gasteiger partial charge < -0.3 is 15.5 Å². The Kier molecular flexibility index (Phi) is 5.44. The van der Waals surface area contributed by atoms with Crippen molar-refractivity contribution in [2.24, 2.45) is 0 Å². The molecule has 1 aliphatic heterocycles. The molecule has 11 nitrogen and oxygen atoms in total. The van der Waals surface area contributed by atoms with Gasteiger partial charge in [-0.15, -0.1) is 0 Å². The molecule has 0 atom stereocenters. The zero-order valence-electron chi connectivity index (χ0n) is 18.8. The fraction of sp³-hybridized carbons (Fsp3) is 0.304. The number of nitrogens with zero attached hydrogens (tertiary/aromatic N) is 5. The average Bonchev–Trinajstić information content (AvgIpc) is 3.45. The van der Waals surface area contributed by atoms with E-state index in [0.717, 1.165) is 18.4 Å². The number of imide groups is 1. The Morgan fingerprint density at radius 3 is 2.62 bits per heavy atom. The van der Waals surface area contributed by atoms with Crippen molar-refractivity contribution in [3.05, 3.63) is 52.7 Å². The highest BCUT2D eigenvalue weighted by Gasteiger charge is 2.26. The van der Waals surface area contributed by atoms with Gasteiger partial charge in [0.05, 0.1) is 12.6 Å². The number of aromatic nitrogens is 4. The minimum Gasteiger partial charge on any atom is -0.351 e. The van der Waals surface area contributed by atoms with Crippen LogP contribution in [0, 0.1) is 0 Å². The lowest BCUT2D eigenvalue weighted by molar-refractivity contribution is -0.124. The van der Waals surface area contributed by atoms with Gasteiger partial charge in [0.2, 0.25) is 17.8 Å². The molecule has 1 saturated carbocycles. The highest BCUT2D eigenvalue weighted by Crippen LogP contribution is 2.26. The number of amides is 3. The molecule has 0 bridgehead atoms. The van der Waals surface area contributed by atoms with Gasteiger partial charge in [-0.1, -0.05) is 12.1 Å². The zero-order valence-corrected chi connectivity index (χ0v) is 18.8. The number of nitrogens with one attached hydrogen (secondary N) is 3. The first kappa shape index (κ1) is 21.6. The Bertz CT molecular complexity index is 1320. The quantitative estimate of drug-likeness (QED) is 0.356. The molecular weight excluding hydrogens is 436 g/mol. The Morgan fingerprint density at radius 1 is 1.21 bits per heavy atom. The smallest absolute Gasteiger partial charge is 0.254 e. The first-order chi connectivity index (χ1) is 16.4. The van der Waals surface area contributed by atoms with Crippen molar-refractivity contribution in [2.75, 3.05) is 24.7 Å². The van der Waals surface area contributed by atoms with Crippen LogP contribution < -0.4 is 16.0 Å². The molecule has 1 aromatic carbocycles. The van der Waals surface area contributed by atoms with E-state index in [1.165, 1.54) is 4.90 Å². The van der Waals surface area contributed by atoms with Gasteiger partial charge >= 0.3 is 0 Å². The Balaban J connectivity index is 1.41. The topological polar surface area (TPSA) is 134 Å². The molecule has 0 unspecified atom stereocenters. The van der Waals surface area contributed by atoms with Gasteiger partial charge in [-0.05, 0) is 36.6 Å². The van der Waals surface area contributed by atoms with Gasteiger partial charge in [-0.25, -0.2) is 0 Å². The summed E-state index contributed by atoms with van der Waals surface area (Å²) in [5.74, 6) is 0.183. The predicted octanol–water partition coefficient (Wildman–Crippen LogP) is 1.44. The van der Waals surface area contributed by atoms with E-state index in [1.807, 2.05) is 12.1 Å². The number of rotatable bonds is 7. The number of anilines is 2. The van der Waals surface area contributed by atoms with E-state index >= 15 is 0 Å². The second kappa shape index (κ2) is 8.58. The maximum atomic E-state index is 12.1. The van der Waals surface area contributed by atoms with Gasteiger partial charge in [0.25, 0.3) is 11.8 Å². The van der Waals surface area contributed by atoms with E-state index in [-0.39, 0.29) is 18.2 Å². The van der Waals surface area contributed by atoms with Crippen LogP contribution in [0.4, 0.5) is 11.9 Å². The number of hydrogen-bond donors (Lipinski definition) is 3. The number of fused-ring (bicyclic) bond motifs is 1. The maximum Gasteiger partial charge on any atom is 0.254 e. The van der Waals surface area contributed by atoms with Crippen molar-refractivity contribution in [3.63, 3.8) is 0 Å². The third-order valence-corrected chi connectivity index (χ3v) is 5.59. The van der Waals surface area contributed by atoms with E-state index in [2.05, 4.69) is 31.0 Å². The molecule has 11 heteroatoms. The zero-order chi connectivity index (χ0) is 23.8. The lowest BCUT2D eigenvalue weighted by Gasteiger charge is -2.12. The molecule has 0 spiro atoms. The van der Waals surface area contributed by atoms with Crippen molar-refractivity contribution >= 4 is 41.3 Å². The Hall–Kier alpha value is -4.28. The van der Waals surface area contributed by atoms with Gasteiger partial charge in [-0.2, -0.15) is 19.6 Å². The molecule has 2 fully saturated rings. The molecule has 0 radical (unpaired) electrons. The lowest BCUT2D eigenvalue weighted by Crippen LogP contribution is -2.21. The van der Waals surface area contributed by atoms with Crippen LogP contribution in [0.5, 0.6) is 0 Å². The van der Waals surface area contributed by atoms with Crippen LogP contribution in [0.2, 0.25) is 0 Å². The normalized spacial score (nSPS) is 16.7. The monoisotopic (exact) mass is 460 g/mol. The van der Waals surface area contributed by atoms with Crippen LogP contribution in [0.3, 0.4) is 0 Å². The molecule has 174 valence electrons. The fourth-order valence-corrected chi connectivity index (χ4v) is 3.59. The largest absolute Gasteiger partial charge is 0.351 e. The third-order valence-electron chi connectivity index (χ3n) is 5.59. The van der Waals surface area contributed by atoms with Crippen molar-refractivity contribution < 1.29 is 14.4 Å². The van der Waals surface area contributed by atoms with Crippen LogP contribution >= 0.6 is 0 Å². The van der Waals surface area contributed by atoms with Crippen LogP contribution in [0.15, 0.2) is 36.0 Å². The lowest BCUT2D eigenvalue weighted by atomic mass is 10.1. The third kappa shape index (κ3) is 4.45. The van der Waals surface area contributed by atoms with Gasteiger partial charge in [0.15, 0.2) is 5.65 Å². The van der Waals surface area contributed by atoms with E-state index in [0.29, 0.717) is 46.8 Å². The number of hydrogen-bond acceptors (Lipinski definition) is 8. The molecule has 34 heavy (non-hydrogen) atoms. The van der Waals surface area contributed by atoms with E-state index in [4.69, 9.17) is 0 Å². The van der Waals surface area contributed by atoms with Crippen LogP contribution in [0.1, 0.15) is 40.7 Å². The second-order valence-electron chi connectivity index (χ2n) is 8.60. The molecule has 3 amide bonds. The first-order valence-electron chi connectivity index (χ1n) is 11.0. The van der Waals surface area contributed by atoms with E-state index < -0.39 is 5.91 Å². The summed E-state index contributed by atoms with van der Waals surface area (Å²) in [4.78, 5) is 46.4. The average molecular weight is 460 g/mol. The molecule has 3 aromatic rings. The van der Waals surface area contributed by atoms with Gasteiger partial charge in [-0.3, -0.25) is 19.7 Å². The first-order valence-corrected chi connectivity index (χ1v) is 11.0. The highest BCUT2D eigenvalue weighted by molar-refractivity contribution is 6.15. The maximum absolute atomic E-state index is 12.1. The summed E-state index contributed by atoms with van der Waals surface area (Å²) >= 11 is 0. The highest BCUT2D eigenvalue weighted by atomic mass is 16.2. The van der Waals surface area contributed by atoms with E-state index in [9.17, 15) is 14.4 Å². The van der Waals surface area contributed by atoms with E-state index in [1.54, 1.807) is 43.0 Å². The summed E-state index contributed by atoms with van der Waals surface area (Å²) in [7, 11) is 3.44. The number of benzene rings is 1. The summed E-state index contributed by atoms with van der Waals surface area (Å²) in [6.45, 7) is 0.455. The van der Waals surface area contributed by atoms with Crippen molar-refractivity contribution in [2.45, 2.75) is 31.8 Å². The second-order valence-corrected chi connectivity index (χ2v) is 8.60. The summed E-state index contributed by atoms with van der Waals surface area (Å²) in [5, 5.41) is 13.3. The minimum absolute atomic E-state index is 0.0336. The summed E-state index contributed by atoms with van der Waals surface area (Å²) in [5.41, 5.74) is 3.10. The molecule has 5 rings (SSSR count). The minimum atomic E-state index is -0.399. The predicted molar refractivity (Wildman–Crippen MR) is 125 cm³/mol. The molecule has 2 aromatic heterocycles. The van der Waals surface area contributed by atoms with Crippen LogP contribution in [-0.2, 0) is 16.1 Å². The van der Waals surface area contributed by atoms with Crippen molar-refractivity contribution in [3.8, 4) is 0 Å². The van der Waals surface area contributed by atoms with Crippen molar-refractivity contribution in [1.82, 2.24) is 29.8 Å². The van der Waals surface area contributed by atoms with Gasteiger partial charge in [0.1, 0.15) is 0 Å². The fourth-order valence-electron chi connectivity index (χ4n) is 3.59.